The van der Waals surface area contributed by atoms with Gasteiger partial charge in [0.1, 0.15) is 11.5 Å². The molecule has 2 N–H and O–H groups in total. The van der Waals surface area contributed by atoms with E-state index in [0.29, 0.717) is 42.9 Å². The average molecular weight is 371 g/mol. The van der Waals surface area contributed by atoms with Crippen molar-refractivity contribution in [3.63, 3.8) is 0 Å². The van der Waals surface area contributed by atoms with Crippen LogP contribution in [0.2, 0.25) is 0 Å². The highest BCUT2D eigenvalue weighted by molar-refractivity contribution is 5.84. The molecule has 27 heavy (non-hydrogen) atoms. The first-order chi connectivity index (χ1) is 13.2. The maximum Gasteiger partial charge on any atom is 0.227 e. The maximum atomic E-state index is 10.1. The third-order valence-corrected chi connectivity index (χ3v) is 3.99. The van der Waals surface area contributed by atoms with Gasteiger partial charge in [-0.25, -0.2) is 4.98 Å². The number of morpholine rings is 1. The van der Waals surface area contributed by atoms with Gasteiger partial charge in [0.05, 0.1) is 26.0 Å². The second-order valence-corrected chi connectivity index (χ2v) is 6.23. The number of ether oxygens (including phenoxy) is 2. The molecule has 0 saturated carbocycles. The van der Waals surface area contributed by atoms with Crippen LogP contribution in [0, 0.1) is 6.92 Å². The Morgan fingerprint density at radius 3 is 2.85 bits per heavy atom. The van der Waals surface area contributed by atoms with E-state index >= 15 is 0 Å². The number of phenols is 1. The summed E-state index contributed by atoms with van der Waals surface area (Å²) in [6, 6.07) is 6.98. The Bertz CT molecular complexity index is 791. The number of aromatic hydroxyl groups is 1. The first-order valence-electron chi connectivity index (χ1n) is 9.09. The molecule has 0 unspecified atom stereocenters. The molecule has 0 aliphatic carbocycles. The molecular formula is C19H25N5O3. The number of nitrogens with one attached hydrogen (secondary N) is 1. The van der Waals surface area contributed by atoms with E-state index in [9.17, 15) is 5.11 Å². The van der Waals surface area contributed by atoms with Crippen LogP contribution in [0.3, 0.4) is 0 Å². The van der Waals surface area contributed by atoms with Crippen molar-refractivity contribution >= 4 is 18.0 Å². The van der Waals surface area contributed by atoms with E-state index in [0.717, 1.165) is 25.2 Å². The number of aromatic nitrogens is 2. The molecule has 144 valence electrons. The lowest BCUT2D eigenvalue weighted by Crippen LogP contribution is -2.37. The number of hydrogen-bond acceptors (Lipinski definition) is 8. The SMILES string of the molecule is CCCOc1ccc(C=NNc2cc(C)nc(N3CCOCC3)n2)c(O)c1. The molecule has 0 bridgehead atoms. The van der Waals surface area contributed by atoms with Crippen molar-refractivity contribution in [2.24, 2.45) is 5.10 Å². The summed E-state index contributed by atoms with van der Waals surface area (Å²) in [6.45, 7) is 7.46. The minimum absolute atomic E-state index is 0.113. The van der Waals surface area contributed by atoms with Gasteiger partial charge < -0.3 is 19.5 Å². The highest BCUT2D eigenvalue weighted by Crippen LogP contribution is 2.22. The third-order valence-electron chi connectivity index (χ3n) is 3.99. The second-order valence-electron chi connectivity index (χ2n) is 6.23. The van der Waals surface area contributed by atoms with Crippen molar-refractivity contribution in [3.8, 4) is 11.5 Å². The predicted octanol–water partition coefficient (Wildman–Crippen LogP) is 2.56. The van der Waals surface area contributed by atoms with E-state index in [2.05, 4.69) is 25.4 Å². The molecule has 0 radical (unpaired) electrons. The highest BCUT2D eigenvalue weighted by atomic mass is 16.5. The van der Waals surface area contributed by atoms with Crippen LogP contribution in [0.1, 0.15) is 24.6 Å². The first kappa shape index (κ1) is 18.9. The van der Waals surface area contributed by atoms with Gasteiger partial charge in [-0.2, -0.15) is 10.1 Å². The number of hydrogen-bond donors (Lipinski definition) is 2. The zero-order valence-corrected chi connectivity index (χ0v) is 15.7. The maximum absolute atomic E-state index is 10.1. The van der Waals surface area contributed by atoms with Crippen LogP contribution < -0.4 is 15.1 Å². The lowest BCUT2D eigenvalue weighted by atomic mass is 10.2. The van der Waals surface area contributed by atoms with Crippen LogP contribution in [-0.2, 0) is 4.74 Å². The van der Waals surface area contributed by atoms with E-state index in [1.54, 1.807) is 18.3 Å². The topological polar surface area (TPSA) is 92.1 Å². The number of rotatable bonds is 7. The quantitative estimate of drug-likeness (QED) is 0.571. The molecule has 1 aromatic carbocycles. The number of nitrogens with zero attached hydrogens (tertiary/aromatic N) is 4. The van der Waals surface area contributed by atoms with Gasteiger partial charge in [0.2, 0.25) is 5.95 Å². The van der Waals surface area contributed by atoms with Gasteiger partial charge in [-0.3, -0.25) is 5.43 Å². The second kappa shape index (κ2) is 9.18. The van der Waals surface area contributed by atoms with Gasteiger partial charge in [0.15, 0.2) is 5.82 Å². The smallest absolute Gasteiger partial charge is 0.227 e. The Balaban J connectivity index is 1.66. The number of phenolic OH excluding ortho intramolecular Hbond substituents is 1. The number of benzene rings is 1. The molecule has 0 amide bonds. The largest absolute Gasteiger partial charge is 0.507 e. The molecule has 2 aromatic rings. The third kappa shape index (κ3) is 5.30. The van der Waals surface area contributed by atoms with E-state index < -0.39 is 0 Å². The van der Waals surface area contributed by atoms with Gasteiger partial charge in [0.25, 0.3) is 0 Å². The van der Waals surface area contributed by atoms with Gasteiger partial charge in [-0.15, -0.1) is 0 Å². The van der Waals surface area contributed by atoms with Crippen molar-refractivity contribution in [1.82, 2.24) is 9.97 Å². The average Bonchev–Trinajstić information content (AvgIpc) is 2.68. The Morgan fingerprint density at radius 2 is 2.11 bits per heavy atom. The summed E-state index contributed by atoms with van der Waals surface area (Å²) in [5.74, 6) is 2.02. The molecule has 1 aliphatic heterocycles. The lowest BCUT2D eigenvalue weighted by Gasteiger charge is -2.27. The van der Waals surface area contributed by atoms with Crippen LogP contribution in [0.25, 0.3) is 0 Å². The molecule has 1 aliphatic rings. The molecule has 8 heteroatoms. The molecular weight excluding hydrogens is 346 g/mol. The molecule has 8 nitrogen and oxygen atoms in total. The summed E-state index contributed by atoms with van der Waals surface area (Å²) < 4.78 is 10.9. The summed E-state index contributed by atoms with van der Waals surface area (Å²) in [7, 11) is 0. The summed E-state index contributed by atoms with van der Waals surface area (Å²) in [6.07, 6.45) is 2.46. The van der Waals surface area contributed by atoms with Crippen molar-refractivity contribution in [3.05, 3.63) is 35.5 Å². The minimum atomic E-state index is 0.113. The van der Waals surface area contributed by atoms with Gasteiger partial charge in [-0.05, 0) is 25.5 Å². The van der Waals surface area contributed by atoms with Crippen molar-refractivity contribution in [1.29, 1.82) is 0 Å². The molecule has 3 rings (SSSR count). The fourth-order valence-electron chi connectivity index (χ4n) is 2.63. The highest BCUT2D eigenvalue weighted by Gasteiger charge is 2.14. The number of anilines is 2. The Morgan fingerprint density at radius 1 is 1.30 bits per heavy atom. The summed E-state index contributed by atoms with van der Waals surface area (Å²) >= 11 is 0. The van der Waals surface area contributed by atoms with E-state index in [-0.39, 0.29) is 5.75 Å². The lowest BCUT2D eigenvalue weighted by molar-refractivity contribution is 0.122. The summed E-state index contributed by atoms with van der Waals surface area (Å²) in [4.78, 5) is 11.1. The first-order valence-corrected chi connectivity index (χ1v) is 9.09. The van der Waals surface area contributed by atoms with Crippen molar-refractivity contribution < 1.29 is 14.6 Å². The van der Waals surface area contributed by atoms with Crippen LogP contribution in [-0.4, -0.2) is 54.2 Å². The zero-order chi connectivity index (χ0) is 19.1. The van der Waals surface area contributed by atoms with Crippen molar-refractivity contribution in [2.75, 3.05) is 43.2 Å². The number of hydrazone groups is 1. The predicted molar refractivity (Wildman–Crippen MR) is 105 cm³/mol. The Labute approximate surface area is 158 Å². The fraction of sp³-hybridized carbons (Fsp3) is 0.421. The molecule has 1 saturated heterocycles. The fourth-order valence-corrected chi connectivity index (χ4v) is 2.63. The minimum Gasteiger partial charge on any atom is -0.507 e. The van der Waals surface area contributed by atoms with Gasteiger partial charge >= 0.3 is 0 Å². The zero-order valence-electron chi connectivity index (χ0n) is 15.7. The van der Waals surface area contributed by atoms with Crippen LogP contribution in [0.4, 0.5) is 11.8 Å². The van der Waals surface area contributed by atoms with Crippen LogP contribution in [0.15, 0.2) is 29.4 Å². The molecule has 0 spiro atoms. The monoisotopic (exact) mass is 371 g/mol. The van der Waals surface area contributed by atoms with E-state index in [1.165, 1.54) is 0 Å². The van der Waals surface area contributed by atoms with Crippen LogP contribution >= 0.6 is 0 Å². The Hall–Kier alpha value is -2.87. The molecule has 2 heterocycles. The van der Waals surface area contributed by atoms with Gasteiger partial charge in [-0.1, -0.05) is 6.92 Å². The summed E-state index contributed by atoms with van der Waals surface area (Å²) in [5, 5.41) is 14.3. The standard InChI is InChI=1S/C19H25N5O3/c1-3-8-27-16-5-4-15(17(25)12-16)13-20-23-18-11-14(2)21-19(22-18)24-6-9-26-10-7-24/h4-5,11-13,25H,3,6-10H2,1-2H3,(H,21,22,23). The molecule has 1 aromatic heterocycles. The Kier molecular flexibility index (Phi) is 6.43. The van der Waals surface area contributed by atoms with Crippen LogP contribution in [0.5, 0.6) is 11.5 Å². The molecule has 1 fully saturated rings. The normalized spacial score (nSPS) is 14.5. The number of aryl methyl sites for hydroxylation is 1. The van der Waals surface area contributed by atoms with Gasteiger partial charge in [0, 0.05) is 36.5 Å². The van der Waals surface area contributed by atoms with E-state index in [4.69, 9.17) is 9.47 Å². The van der Waals surface area contributed by atoms with E-state index in [1.807, 2.05) is 26.0 Å². The summed E-state index contributed by atoms with van der Waals surface area (Å²) in [5.41, 5.74) is 4.35. The van der Waals surface area contributed by atoms with Crippen molar-refractivity contribution in [2.45, 2.75) is 20.3 Å². The molecule has 0 atom stereocenters.